The summed E-state index contributed by atoms with van der Waals surface area (Å²) in [6.45, 7) is 3.46. The molecular formula is C21H21N7O3. The second-order valence-corrected chi connectivity index (χ2v) is 6.77. The van der Waals surface area contributed by atoms with Crippen LogP contribution in [0.2, 0.25) is 0 Å². The summed E-state index contributed by atoms with van der Waals surface area (Å²) >= 11 is 0. The minimum atomic E-state index is -0.530. The molecule has 1 aliphatic rings. The van der Waals surface area contributed by atoms with Gasteiger partial charge < -0.3 is 20.3 Å². The van der Waals surface area contributed by atoms with E-state index >= 15 is 0 Å². The maximum atomic E-state index is 12.9. The Bertz CT molecular complexity index is 1080. The average Bonchev–Trinajstić information content (AvgIpc) is 2.84. The van der Waals surface area contributed by atoms with Crippen LogP contribution in [-0.4, -0.2) is 65.1 Å². The molecule has 3 aromatic rings. The van der Waals surface area contributed by atoms with E-state index < -0.39 is 5.97 Å². The Labute approximate surface area is 178 Å². The molecular weight excluding hydrogens is 398 g/mol. The minimum absolute atomic E-state index is 0.178. The van der Waals surface area contributed by atoms with E-state index in [0.29, 0.717) is 17.1 Å². The molecule has 1 aliphatic heterocycles. The zero-order valence-corrected chi connectivity index (χ0v) is 16.9. The van der Waals surface area contributed by atoms with E-state index in [1.54, 1.807) is 18.5 Å². The highest BCUT2D eigenvalue weighted by atomic mass is 16.5. The molecule has 0 unspecified atom stereocenters. The number of carbonyl (C=O) groups excluding carboxylic acids is 2. The topological polar surface area (TPSA) is 122 Å². The quantitative estimate of drug-likeness (QED) is 0.591. The first-order valence-electron chi connectivity index (χ1n) is 9.74. The Morgan fingerprint density at radius 3 is 2.61 bits per heavy atom. The summed E-state index contributed by atoms with van der Waals surface area (Å²) in [5.41, 5.74) is 2.50. The van der Waals surface area contributed by atoms with E-state index in [-0.39, 0.29) is 17.3 Å². The Balaban J connectivity index is 1.54. The molecule has 1 fully saturated rings. The fourth-order valence-corrected chi connectivity index (χ4v) is 3.23. The van der Waals surface area contributed by atoms with E-state index in [1.165, 1.54) is 31.6 Å². The number of pyridine rings is 2. The van der Waals surface area contributed by atoms with Gasteiger partial charge in [-0.1, -0.05) is 0 Å². The molecule has 0 radical (unpaired) electrons. The van der Waals surface area contributed by atoms with Crippen LogP contribution in [0.15, 0.2) is 49.1 Å². The maximum absolute atomic E-state index is 12.9. The lowest BCUT2D eigenvalue weighted by Gasteiger charge is -2.30. The van der Waals surface area contributed by atoms with Crippen LogP contribution in [0.4, 0.5) is 11.4 Å². The number of carbonyl (C=O) groups is 2. The summed E-state index contributed by atoms with van der Waals surface area (Å²) in [4.78, 5) is 43.4. The molecule has 0 saturated carbocycles. The van der Waals surface area contributed by atoms with Crippen molar-refractivity contribution >= 4 is 23.3 Å². The summed E-state index contributed by atoms with van der Waals surface area (Å²) in [6.07, 6.45) is 6.31. The van der Waals surface area contributed by atoms with Crippen LogP contribution in [0.3, 0.4) is 0 Å². The number of nitrogens with zero attached hydrogens (tertiary/aromatic N) is 5. The number of esters is 1. The lowest BCUT2D eigenvalue weighted by Crippen LogP contribution is -2.43. The predicted molar refractivity (Wildman–Crippen MR) is 114 cm³/mol. The highest BCUT2D eigenvalue weighted by Gasteiger charge is 2.17. The standard InChI is InChI=1S/C21H21N7O3/c1-31-21(30)16-3-2-14(12-25-16)19-24-7-4-15(26-19)20(29)27-17-13-23-6-5-18(17)28-10-8-22-9-11-28/h2-7,12-13,22H,8-11H2,1H3,(H,27,29). The fraction of sp³-hybridized carbons (Fsp3) is 0.238. The van der Waals surface area contributed by atoms with Crippen LogP contribution in [0.5, 0.6) is 0 Å². The smallest absolute Gasteiger partial charge is 0.356 e. The third-order valence-electron chi connectivity index (χ3n) is 4.81. The third kappa shape index (κ3) is 4.64. The average molecular weight is 419 g/mol. The lowest BCUT2D eigenvalue weighted by atomic mass is 10.2. The van der Waals surface area contributed by atoms with Gasteiger partial charge in [-0.2, -0.15) is 0 Å². The number of amides is 1. The number of methoxy groups -OCH3 is 1. The molecule has 0 aromatic carbocycles. The van der Waals surface area contributed by atoms with E-state index in [2.05, 4.69) is 40.2 Å². The Kier molecular flexibility index (Phi) is 6.08. The second-order valence-electron chi connectivity index (χ2n) is 6.77. The van der Waals surface area contributed by atoms with Crippen molar-refractivity contribution in [1.82, 2.24) is 25.3 Å². The number of piperazine rings is 1. The van der Waals surface area contributed by atoms with Crippen LogP contribution in [0.25, 0.3) is 11.4 Å². The van der Waals surface area contributed by atoms with Crippen molar-refractivity contribution in [2.45, 2.75) is 0 Å². The van der Waals surface area contributed by atoms with E-state index in [1.807, 2.05) is 6.07 Å². The molecule has 10 nitrogen and oxygen atoms in total. The Morgan fingerprint density at radius 1 is 1.03 bits per heavy atom. The van der Waals surface area contributed by atoms with Crippen molar-refractivity contribution in [3.05, 3.63) is 60.4 Å². The Hall–Kier alpha value is -3.92. The summed E-state index contributed by atoms with van der Waals surface area (Å²) in [5.74, 6) is -0.574. The summed E-state index contributed by atoms with van der Waals surface area (Å²) in [5, 5.41) is 6.22. The molecule has 31 heavy (non-hydrogen) atoms. The predicted octanol–water partition coefficient (Wildman–Crippen LogP) is 1.38. The van der Waals surface area contributed by atoms with E-state index in [0.717, 1.165) is 31.9 Å². The van der Waals surface area contributed by atoms with Gasteiger partial charge in [0.1, 0.15) is 11.4 Å². The number of rotatable bonds is 5. The number of hydrogen-bond donors (Lipinski definition) is 2. The number of anilines is 2. The van der Waals surface area contributed by atoms with Gasteiger partial charge in [0.05, 0.1) is 24.7 Å². The van der Waals surface area contributed by atoms with Crippen LogP contribution in [-0.2, 0) is 4.74 Å². The lowest BCUT2D eigenvalue weighted by molar-refractivity contribution is 0.0594. The van der Waals surface area contributed by atoms with Crippen molar-refractivity contribution in [2.24, 2.45) is 0 Å². The fourth-order valence-electron chi connectivity index (χ4n) is 3.23. The summed E-state index contributed by atoms with van der Waals surface area (Å²) in [6, 6.07) is 6.60. The molecule has 10 heteroatoms. The molecule has 4 rings (SSSR count). The van der Waals surface area contributed by atoms with Crippen LogP contribution in [0, 0.1) is 0 Å². The van der Waals surface area contributed by atoms with Crippen molar-refractivity contribution in [3.8, 4) is 11.4 Å². The maximum Gasteiger partial charge on any atom is 0.356 e. The second kappa shape index (κ2) is 9.26. The number of hydrogen-bond acceptors (Lipinski definition) is 9. The highest BCUT2D eigenvalue weighted by molar-refractivity contribution is 6.04. The first-order valence-corrected chi connectivity index (χ1v) is 9.74. The number of nitrogens with one attached hydrogen (secondary N) is 2. The highest BCUT2D eigenvalue weighted by Crippen LogP contribution is 2.25. The van der Waals surface area contributed by atoms with Crippen LogP contribution < -0.4 is 15.5 Å². The van der Waals surface area contributed by atoms with Gasteiger partial charge in [0.2, 0.25) is 0 Å². The first kappa shape index (κ1) is 20.4. The van der Waals surface area contributed by atoms with Gasteiger partial charge in [-0.25, -0.2) is 19.7 Å². The van der Waals surface area contributed by atoms with Gasteiger partial charge in [-0.05, 0) is 24.3 Å². The zero-order chi connectivity index (χ0) is 21.6. The van der Waals surface area contributed by atoms with Crippen molar-refractivity contribution in [1.29, 1.82) is 0 Å². The van der Waals surface area contributed by atoms with Crippen LogP contribution >= 0.6 is 0 Å². The summed E-state index contributed by atoms with van der Waals surface area (Å²) < 4.78 is 4.64. The monoisotopic (exact) mass is 419 g/mol. The molecule has 3 aromatic heterocycles. The van der Waals surface area contributed by atoms with Gasteiger partial charge in [-0.15, -0.1) is 0 Å². The Morgan fingerprint density at radius 2 is 1.87 bits per heavy atom. The molecule has 0 aliphatic carbocycles. The van der Waals surface area contributed by atoms with Gasteiger partial charge in [0.15, 0.2) is 5.82 Å². The third-order valence-corrected chi connectivity index (χ3v) is 4.81. The molecule has 2 N–H and O–H groups in total. The largest absolute Gasteiger partial charge is 0.464 e. The first-order chi connectivity index (χ1) is 15.2. The molecule has 0 bridgehead atoms. The van der Waals surface area contributed by atoms with Crippen molar-refractivity contribution in [3.63, 3.8) is 0 Å². The van der Waals surface area contributed by atoms with Gasteiger partial charge in [-0.3, -0.25) is 9.78 Å². The van der Waals surface area contributed by atoms with Crippen LogP contribution in [0.1, 0.15) is 21.0 Å². The molecule has 158 valence electrons. The number of ether oxygens (including phenoxy) is 1. The molecule has 0 spiro atoms. The van der Waals surface area contributed by atoms with Gasteiger partial charge >= 0.3 is 5.97 Å². The van der Waals surface area contributed by atoms with E-state index in [4.69, 9.17) is 0 Å². The van der Waals surface area contributed by atoms with Gasteiger partial charge in [0, 0.05) is 50.3 Å². The molecule has 4 heterocycles. The van der Waals surface area contributed by atoms with Gasteiger partial charge in [0.25, 0.3) is 5.91 Å². The molecule has 1 saturated heterocycles. The normalized spacial score (nSPS) is 13.5. The summed E-state index contributed by atoms with van der Waals surface area (Å²) in [7, 11) is 1.29. The van der Waals surface area contributed by atoms with Crippen molar-refractivity contribution in [2.75, 3.05) is 43.5 Å². The SMILES string of the molecule is COC(=O)c1ccc(-c2nccc(C(=O)Nc3cnccc3N3CCNCC3)n2)cn1. The minimum Gasteiger partial charge on any atom is -0.464 e. The van der Waals surface area contributed by atoms with E-state index in [9.17, 15) is 9.59 Å². The van der Waals surface area contributed by atoms with Crippen molar-refractivity contribution < 1.29 is 14.3 Å². The molecule has 1 amide bonds. The molecule has 0 atom stereocenters. The zero-order valence-electron chi connectivity index (χ0n) is 16.9. The number of aromatic nitrogens is 4.